The summed E-state index contributed by atoms with van der Waals surface area (Å²) in [5.74, 6) is -0.547. The van der Waals surface area contributed by atoms with E-state index in [4.69, 9.17) is 14.6 Å². The molecule has 3 atom stereocenters. The smallest absolute Gasteiger partial charge is 0.338 e. The van der Waals surface area contributed by atoms with Crippen molar-refractivity contribution >= 4 is 5.97 Å². The van der Waals surface area contributed by atoms with Gasteiger partial charge in [0.05, 0.1) is 6.61 Å². The molecule has 0 spiro atoms. The summed E-state index contributed by atoms with van der Waals surface area (Å²) in [4.78, 5) is 10.6. The van der Waals surface area contributed by atoms with Crippen LogP contribution in [0.3, 0.4) is 0 Å². The van der Waals surface area contributed by atoms with E-state index < -0.39 is 18.2 Å². The second-order valence-corrected chi connectivity index (χ2v) is 2.54. The Labute approximate surface area is 57.7 Å². The molecular formula is C6H8O4. The molecule has 0 aromatic heterocycles. The van der Waals surface area contributed by atoms with Crippen LogP contribution in [0.4, 0.5) is 0 Å². The molecule has 2 aliphatic rings. The summed E-state index contributed by atoms with van der Waals surface area (Å²) < 4.78 is 9.85. The molecule has 10 heavy (non-hydrogen) atoms. The molecule has 0 amide bonds. The van der Waals surface area contributed by atoms with Crippen LogP contribution in [0.2, 0.25) is 0 Å². The first-order valence-corrected chi connectivity index (χ1v) is 3.29. The second kappa shape index (κ2) is 1.93. The first-order valence-electron chi connectivity index (χ1n) is 3.29. The van der Waals surface area contributed by atoms with Gasteiger partial charge in [0.25, 0.3) is 0 Å². The highest BCUT2D eigenvalue weighted by Crippen LogP contribution is 2.26. The van der Waals surface area contributed by atoms with Crippen molar-refractivity contribution in [2.24, 2.45) is 0 Å². The van der Waals surface area contributed by atoms with E-state index in [-0.39, 0.29) is 6.10 Å². The Kier molecular flexibility index (Phi) is 1.18. The van der Waals surface area contributed by atoms with Gasteiger partial charge < -0.3 is 14.6 Å². The van der Waals surface area contributed by atoms with Crippen molar-refractivity contribution in [2.75, 3.05) is 6.61 Å². The Balaban J connectivity index is 2.16. The minimum absolute atomic E-state index is 0.192. The van der Waals surface area contributed by atoms with Crippen molar-refractivity contribution in [3.05, 3.63) is 0 Å². The van der Waals surface area contributed by atoms with Crippen LogP contribution in [0.15, 0.2) is 0 Å². The quantitative estimate of drug-likeness (QED) is 0.446. The minimum Gasteiger partial charge on any atom is -0.457 e. The number of rotatable bonds is 0. The molecular weight excluding hydrogens is 136 g/mol. The molecule has 0 radical (unpaired) electrons. The fraction of sp³-hybridized carbons (Fsp3) is 0.833. The van der Waals surface area contributed by atoms with Gasteiger partial charge in [-0.3, -0.25) is 0 Å². The van der Waals surface area contributed by atoms with E-state index in [0.717, 1.165) is 0 Å². The highest BCUT2D eigenvalue weighted by Gasteiger charge is 2.47. The van der Waals surface area contributed by atoms with E-state index in [1.165, 1.54) is 0 Å². The highest BCUT2D eigenvalue weighted by atomic mass is 16.6. The van der Waals surface area contributed by atoms with Gasteiger partial charge in [0.2, 0.25) is 0 Å². The normalized spacial score (nSPS) is 45.3. The molecule has 2 heterocycles. The zero-order valence-electron chi connectivity index (χ0n) is 5.32. The molecule has 56 valence electrons. The van der Waals surface area contributed by atoms with Crippen LogP contribution in [0.5, 0.6) is 0 Å². The average molecular weight is 144 g/mol. The molecule has 3 unspecified atom stereocenters. The predicted octanol–water partition coefficient (Wildman–Crippen LogP) is -0.938. The van der Waals surface area contributed by atoms with Gasteiger partial charge in [-0.2, -0.15) is 0 Å². The molecule has 0 aromatic rings. The number of aliphatic hydroxyl groups excluding tert-OH is 1. The van der Waals surface area contributed by atoms with Crippen LogP contribution in [0.25, 0.3) is 0 Å². The summed E-state index contributed by atoms with van der Waals surface area (Å²) in [6, 6.07) is 0. The standard InChI is InChI=1S/C6H8O4/c7-4-5-3(1-2-9-5)10-6(4)8/h3-5,7H,1-2H2. The van der Waals surface area contributed by atoms with E-state index in [0.29, 0.717) is 13.0 Å². The lowest BCUT2D eigenvalue weighted by molar-refractivity contribution is -0.148. The SMILES string of the molecule is O=C1OC2CCOC2C1O. The maximum atomic E-state index is 10.6. The van der Waals surface area contributed by atoms with Crippen LogP contribution in [0, 0.1) is 0 Å². The van der Waals surface area contributed by atoms with Crippen LogP contribution in [-0.2, 0) is 14.3 Å². The average Bonchev–Trinajstić information content (AvgIpc) is 2.41. The molecule has 2 aliphatic heterocycles. The highest BCUT2D eigenvalue weighted by molar-refractivity contribution is 5.77. The first kappa shape index (κ1) is 6.12. The summed E-state index contributed by atoms with van der Waals surface area (Å²) in [7, 11) is 0. The molecule has 1 N–H and O–H groups in total. The second-order valence-electron chi connectivity index (χ2n) is 2.54. The van der Waals surface area contributed by atoms with E-state index >= 15 is 0 Å². The largest absolute Gasteiger partial charge is 0.457 e. The maximum absolute atomic E-state index is 10.6. The Morgan fingerprint density at radius 2 is 2.40 bits per heavy atom. The molecule has 0 saturated carbocycles. The van der Waals surface area contributed by atoms with E-state index in [2.05, 4.69) is 0 Å². The Bertz CT molecular complexity index is 167. The van der Waals surface area contributed by atoms with Crippen LogP contribution >= 0.6 is 0 Å². The summed E-state index contributed by atoms with van der Waals surface area (Å²) in [6.07, 6.45) is -0.921. The number of ether oxygens (including phenoxy) is 2. The van der Waals surface area contributed by atoms with E-state index in [1.807, 2.05) is 0 Å². The van der Waals surface area contributed by atoms with Crippen molar-refractivity contribution < 1.29 is 19.4 Å². The van der Waals surface area contributed by atoms with Gasteiger partial charge in [-0.25, -0.2) is 4.79 Å². The Morgan fingerprint density at radius 1 is 1.60 bits per heavy atom. The summed E-state index contributed by atoms with van der Waals surface area (Å²) in [5.41, 5.74) is 0. The third-order valence-corrected chi connectivity index (χ3v) is 1.90. The van der Waals surface area contributed by atoms with E-state index in [9.17, 15) is 4.79 Å². The number of carbonyl (C=O) groups is 1. The minimum atomic E-state index is -1.05. The third kappa shape index (κ3) is 0.660. The van der Waals surface area contributed by atoms with Crippen molar-refractivity contribution in [1.82, 2.24) is 0 Å². The number of aliphatic hydroxyl groups is 1. The van der Waals surface area contributed by atoms with Crippen molar-refractivity contribution in [3.8, 4) is 0 Å². The molecule has 0 bridgehead atoms. The van der Waals surface area contributed by atoms with Gasteiger partial charge in [-0.05, 0) is 0 Å². The molecule has 0 aromatic carbocycles. The Morgan fingerprint density at radius 3 is 3.10 bits per heavy atom. The zero-order chi connectivity index (χ0) is 7.14. The number of hydrogen-bond donors (Lipinski definition) is 1. The fourth-order valence-corrected chi connectivity index (χ4v) is 1.37. The molecule has 2 saturated heterocycles. The molecule has 4 nitrogen and oxygen atoms in total. The Hall–Kier alpha value is -0.610. The summed E-state index contributed by atoms with van der Waals surface area (Å²) in [5, 5.41) is 9.07. The summed E-state index contributed by atoms with van der Waals surface area (Å²) in [6.45, 7) is 0.583. The van der Waals surface area contributed by atoms with Crippen LogP contribution < -0.4 is 0 Å². The number of carbonyl (C=O) groups excluding carboxylic acids is 1. The molecule has 4 heteroatoms. The van der Waals surface area contributed by atoms with Gasteiger partial charge >= 0.3 is 5.97 Å². The molecule has 2 fully saturated rings. The topological polar surface area (TPSA) is 55.8 Å². The van der Waals surface area contributed by atoms with Crippen molar-refractivity contribution in [1.29, 1.82) is 0 Å². The van der Waals surface area contributed by atoms with Gasteiger partial charge in [0, 0.05) is 6.42 Å². The number of fused-ring (bicyclic) bond motifs is 1. The van der Waals surface area contributed by atoms with Crippen molar-refractivity contribution in [2.45, 2.75) is 24.7 Å². The van der Waals surface area contributed by atoms with E-state index in [1.54, 1.807) is 0 Å². The lowest BCUT2D eigenvalue weighted by atomic mass is 10.1. The maximum Gasteiger partial charge on any atom is 0.338 e. The molecule has 0 aliphatic carbocycles. The monoisotopic (exact) mass is 144 g/mol. The molecule has 2 rings (SSSR count). The lowest BCUT2D eigenvalue weighted by Gasteiger charge is -2.05. The number of hydrogen-bond acceptors (Lipinski definition) is 4. The summed E-state index contributed by atoms with van der Waals surface area (Å²) >= 11 is 0. The van der Waals surface area contributed by atoms with Gasteiger partial charge in [-0.15, -0.1) is 0 Å². The van der Waals surface area contributed by atoms with Gasteiger partial charge in [0.1, 0.15) is 12.2 Å². The first-order chi connectivity index (χ1) is 4.79. The number of esters is 1. The van der Waals surface area contributed by atoms with Gasteiger partial charge in [0.15, 0.2) is 6.10 Å². The third-order valence-electron chi connectivity index (χ3n) is 1.90. The van der Waals surface area contributed by atoms with Crippen LogP contribution in [0.1, 0.15) is 6.42 Å². The zero-order valence-corrected chi connectivity index (χ0v) is 5.32. The predicted molar refractivity (Wildman–Crippen MR) is 30.2 cm³/mol. The van der Waals surface area contributed by atoms with Crippen molar-refractivity contribution in [3.63, 3.8) is 0 Å². The van der Waals surface area contributed by atoms with Gasteiger partial charge in [-0.1, -0.05) is 0 Å². The van der Waals surface area contributed by atoms with Crippen LogP contribution in [-0.4, -0.2) is 36.0 Å². The fourth-order valence-electron chi connectivity index (χ4n) is 1.37. The lowest BCUT2D eigenvalue weighted by Crippen LogP contribution is -2.28.